The highest BCUT2D eigenvalue weighted by molar-refractivity contribution is 5.51. The van der Waals surface area contributed by atoms with E-state index >= 15 is 0 Å². The van der Waals surface area contributed by atoms with E-state index < -0.39 is 0 Å². The fourth-order valence-corrected chi connectivity index (χ4v) is 3.47. The molecule has 0 unspecified atom stereocenters. The Morgan fingerprint density at radius 3 is 3.04 bits per heavy atom. The highest BCUT2D eigenvalue weighted by Gasteiger charge is 2.30. The quantitative estimate of drug-likeness (QED) is 0.729. The van der Waals surface area contributed by atoms with Crippen LogP contribution in [0.1, 0.15) is 37.1 Å². The highest BCUT2D eigenvalue weighted by atomic mass is 19.1. The first-order valence-electron chi connectivity index (χ1n) is 8.51. The van der Waals surface area contributed by atoms with Gasteiger partial charge in [0.25, 0.3) is 0 Å². The summed E-state index contributed by atoms with van der Waals surface area (Å²) in [6, 6.07) is 5.47. The topological polar surface area (TPSA) is 55.5 Å². The number of anilines is 1. The van der Waals surface area contributed by atoms with Gasteiger partial charge in [0.1, 0.15) is 11.6 Å². The fraction of sp³-hybridized carbons (Fsp3) is 0.389. The number of ether oxygens (including phenoxy) is 1. The Bertz CT molecular complexity index is 910. The van der Waals surface area contributed by atoms with Crippen molar-refractivity contribution in [2.75, 3.05) is 18.6 Å². The van der Waals surface area contributed by atoms with Crippen LogP contribution in [0.25, 0.3) is 5.65 Å². The molecule has 1 atom stereocenters. The third-order valence-electron chi connectivity index (χ3n) is 4.67. The van der Waals surface area contributed by atoms with E-state index in [1.165, 1.54) is 12.3 Å². The second-order valence-corrected chi connectivity index (χ2v) is 6.18. The summed E-state index contributed by atoms with van der Waals surface area (Å²) in [5.41, 5.74) is 2.60. The average molecular weight is 341 g/mol. The van der Waals surface area contributed by atoms with Crippen molar-refractivity contribution in [1.82, 2.24) is 19.6 Å². The van der Waals surface area contributed by atoms with Gasteiger partial charge in [0.05, 0.1) is 25.0 Å². The van der Waals surface area contributed by atoms with Crippen molar-refractivity contribution in [3.05, 3.63) is 47.7 Å². The van der Waals surface area contributed by atoms with Crippen molar-refractivity contribution in [2.24, 2.45) is 0 Å². The Hall–Kier alpha value is -2.70. The summed E-state index contributed by atoms with van der Waals surface area (Å²) in [7, 11) is 1.56. The van der Waals surface area contributed by atoms with Crippen LogP contribution >= 0.6 is 0 Å². The van der Waals surface area contributed by atoms with Crippen LogP contribution in [0.3, 0.4) is 0 Å². The van der Waals surface area contributed by atoms with E-state index in [4.69, 9.17) is 9.72 Å². The van der Waals surface area contributed by atoms with E-state index in [1.54, 1.807) is 11.6 Å². The zero-order chi connectivity index (χ0) is 17.4. The summed E-state index contributed by atoms with van der Waals surface area (Å²) in [6.45, 7) is 2.94. The molecule has 4 heterocycles. The number of aryl methyl sites for hydroxylation is 1. The van der Waals surface area contributed by atoms with Gasteiger partial charge in [-0.25, -0.2) is 18.9 Å². The number of nitrogens with zero attached hydrogens (tertiary/aromatic N) is 5. The van der Waals surface area contributed by atoms with Gasteiger partial charge in [-0.3, -0.25) is 0 Å². The molecule has 3 aromatic rings. The maximum Gasteiger partial charge on any atom is 0.218 e. The highest BCUT2D eigenvalue weighted by Crippen LogP contribution is 2.38. The van der Waals surface area contributed by atoms with E-state index in [1.807, 2.05) is 18.3 Å². The Labute approximate surface area is 145 Å². The lowest BCUT2D eigenvalue weighted by atomic mass is 10.1. The average Bonchev–Trinajstić information content (AvgIpc) is 3.27. The molecule has 0 bridgehead atoms. The van der Waals surface area contributed by atoms with Crippen LogP contribution < -0.4 is 9.64 Å². The molecule has 0 N–H and O–H groups in total. The summed E-state index contributed by atoms with van der Waals surface area (Å²) in [5, 5.41) is 4.47. The zero-order valence-electron chi connectivity index (χ0n) is 14.3. The molecule has 3 aromatic heterocycles. The molecule has 0 aliphatic carbocycles. The van der Waals surface area contributed by atoms with Gasteiger partial charge in [-0.1, -0.05) is 6.92 Å². The number of aromatic nitrogens is 4. The van der Waals surface area contributed by atoms with E-state index in [0.29, 0.717) is 5.88 Å². The van der Waals surface area contributed by atoms with Crippen LogP contribution in [0.4, 0.5) is 10.2 Å². The minimum atomic E-state index is -0.352. The Kier molecular flexibility index (Phi) is 3.99. The first kappa shape index (κ1) is 15.8. The molecular weight excluding hydrogens is 321 g/mol. The molecule has 7 heteroatoms. The Morgan fingerprint density at radius 1 is 1.36 bits per heavy atom. The number of hydrogen-bond acceptors (Lipinski definition) is 5. The molecule has 1 saturated heterocycles. The van der Waals surface area contributed by atoms with E-state index in [9.17, 15) is 4.39 Å². The number of halogens is 1. The first-order valence-corrected chi connectivity index (χ1v) is 8.51. The van der Waals surface area contributed by atoms with Crippen LogP contribution in [-0.4, -0.2) is 33.2 Å². The van der Waals surface area contributed by atoms with Crippen LogP contribution in [0.5, 0.6) is 5.88 Å². The van der Waals surface area contributed by atoms with Crippen LogP contribution in [-0.2, 0) is 6.42 Å². The Morgan fingerprint density at radius 2 is 2.24 bits per heavy atom. The number of rotatable bonds is 4. The van der Waals surface area contributed by atoms with Gasteiger partial charge in [0.2, 0.25) is 5.88 Å². The predicted molar refractivity (Wildman–Crippen MR) is 92.4 cm³/mol. The lowest BCUT2D eigenvalue weighted by Crippen LogP contribution is -2.24. The smallest absolute Gasteiger partial charge is 0.218 e. The van der Waals surface area contributed by atoms with E-state index in [-0.39, 0.29) is 11.9 Å². The maximum absolute atomic E-state index is 13.8. The summed E-state index contributed by atoms with van der Waals surface area (Å²) in [6.07, 6.45) is 5.90. The van der Waals surface area contributed by atoms with Gasteiger partial charge < -0.3 is 9.64 Å². The van der Waals surface area contributed by atoms with Gasteiger partial charge in [-0.2, -0.15) is 5.10 Å². The van der Waals surface area contributed by atoms with Crippen LogP contribution in [0, 0.1) is 5.82 Å². The lowest BCUT2D eigenvalue weighted by molar-refractivity contribution is 0.385. The molecule has 1 aliphatic heterocycles. The predicted octanol–water partition coefficient (Wildman–Crippen LogP) is 3.18. The molecule has 0 spiro atoms. The number of pyridine rings is 1. The molecule has 0 radical (unpaired) electrons. The summed E-state index contributed by atoms with van der Waals surface area (Å²) < 4.78 is 20.9. The monoisotopic (exact) mass is 341 g/mol. The largest absolute Gasteiger partial charge is 0.481 e. The molecular formula is C18H20FN5O. The van der Waals surface area contributed by atoms with E-state index in [2.05, 4.69) is 21.9 Å². The summed E-state index contributed by atoms with van der Waals surface area (Å²) in [5.74, 6) is 0.982. The zero-order valence-corrected chi connectivity index (χ0v) is 14.3. The van der Waals surface area contributed by atoms with Gasteiger partial charge >= 0.3 is 0 Å². The van der Waals surface area contributed by atoms with Crippen molar-refractivity contribution >= 4 is 11.5 Å². The molecule has 0 amide bonds. The molecule has 4 rings (SSSR count). The lowest BCUT2D eigenvalue weighted by Gasteiger charge is -2.26. The molecule has 0 aromatic carbocycles. The number of methoxy groups -OCH3 is 1. The van der Waals surface area contributed by atoms with Gasteiger partial charge in [0, 0.05) is 24.4 Å². The van der Waals surface area contributed by atoms with Crippen molar-refractivity contribution < 1.29 is 9.13 Å². The molecule has 130 valence electrons. The third-order valence-corrected chi connectivity index (χ3v) is 4.67. The Balaban J connectivity index is 1.73. The number of fused-ring (bicyclic) bond motifs is 1. The molecule has 25 heavy (non-hydrogen) atoms. The van der Waals surface area contributed by atoms with Gasteiger partial charge in [-0.05, 0) is 31.4 Å². The first-order chi connectivity index (χ1) is 12.2. The van der Waals surface area contributed by atoms with Crippen molar-refractivity contribution in [1.29, 1.82) is 0 Å². The fourth-order valence-electron chi connectivity index (χ4n) is 3.47. The minimum absolute atomic E-state index is 0.00154. The molecule has 6 nitrogen and oxygen atoms in total. The summed E-state index contributed by atoms with van der Waals surface area (Å²) in [4.78, 5) is 11.0. The van der Waals surface area contributed by atoms with Crippen LogP contribution in [0.2, 0.25) is 0 Å². The van der Waals surface area contributed by atoms with Crippen molar-refractivity contribution in [3.63, 3.8) is 0 Å². The van der Waals surface area contributed by atoms with Crippen LogP contribution in [0.15, 0.2) is 30.6 Å². The van der Waals surface area contributed by atoms with Crippen molar-refractivity contribution in [2.45, 2.75) is 32.2 Å². The summed E-state index contributed by atoms with van der Waals surface area (Å²) >= 11 is 0. The SMILES string of the molecule is CCc1cc2nc(N3CCC[C@@H]3c3cc(F)cnc3OC)ccn2n1. The van der Waals surface area contributed by atoms with Gasteiger partial charge in [-0.15, -0.1) is 0 Å². The standard InChI is InChI=1S/C18H20FN5O/c1-3-13-10-17-21-16(6-8-24(17)22-13)23-7-4-5-15(23)14-9-12(19)11-20-18(14)25-2/h6,8-11,15H,3-5,7H2,1-2H3/t15-/m1/s1. The number of hydrogen-bond donors (Lipinski definition) is 0. The molecule has 1 fully saturated rings. The molecule has 1 aliphatic rings. The van der Waals surface area contributed by atoms with Gasteiger partial charge in [0.15, 0.2) is 5.65 Å². The third kappa shape index (κ3) is 2.79. The minimum Gasteiger partial charge on any atom is -0.481 e. The molecule has 0 saturated carbocycles. The second-order valence-electron chi connectivity index (χ2n) is 6.18. The van der Waals surface area contributed by atoms with E-state index in [0.717, 1.165) is 48.5 Å². The maximum atomic E-state index is 13.8. The normalized spacial score (nSPS) is 17.4. The second kappa shape index (κ2) is 6.31. The van der Waals surface area contributed by atoms with Crippen molar-refractivity contribution in [3.8, 4) is 5.88 Å².